The molecule has 0 radical (unpaired) electrons. The first-order valence-electron chi connectivity index (χ1n) is 8.67. The fourth-order valence-electron chi connectivity index (χ4n) is 4.02. The summed E-state index contributed by atoms with van der Waals surface area (Å²) in [5.74, 6) is 1.55. The average molecular weight is 324 g/mol. The Bertz CT molecular complexity index is 726. The van der Waals surface area contributed by atoms with Gasteiger partial charge in [-0.1, -0.05) is 30.3 Å². The fraction of sp³-hybridized carbons (Fsp3) is 0.474. The van der Waals surface area contributed by atoms with Crippen molar-refractivity contribution in [3.8, 4) is 0 Å². The third-order valence-electron chi connectivity index (χ3n) is 5.54. The number of hydrogen-bond donors (Lipinski definition) is 1. The Morgan fingerprint density at radius 2 is 2.00 bits per heavy atom. The zero-order valence-electron chi connectivity index (χ0n) is 14.2. The summed E-state index contributed by atoms with van der Waals surface area (Å²) in [4.78, 5) is 14.1. The molecule has 0 unspecified atom stereocenters. The second-order valence-corrected chi connectivity index (χ2v) is 7.06. The molecule has 1 N–H and O–H groups in total. The Morgan fingerprint density at radius 1 is 1.21 bits per heavy atom. The summed E-state index contributed by atoms with van der Waals surface area (Å²) in [6, 6.07) is 13.0. The van der Waals surface area contributed by atoms with Crippen molar-refractivity contribution < 1.29 is 4.79 Å². The Balaban J connectivity index is 1.41. The van der Waals surface area contributed by atoms with Gasteiger partial charge in [0, 0.05) is 32.8 Å². The number of carbonyl (C=O) groups excluding carboxylic acids is 1. The highest BCUT2D eigenvalue weighted by molar-refractivity contribution is 5.80. The smallest absolute Gasteiger partial charge is 0.224 e. The maximum Gasteiger partial charge on any atom is 0.224 e. The van der Waals surface area contributed by atoms with E-state index in [0.717, 1.165) is 12.2 Å². The molecule has 2 aliphatic rings. The van der Waals surface area contributed by atoms with Crippen LogP contribution in [0.5, 0.6) is 0 Å². The van der Waals surface area contributed by atoms with Crippen LogP contribution < -0.4 is 5.32 Å². The SMILES string of the molecule is CN1C(=O)C[C@@H](NC[C@@H]2C[C@H]2c2ccccc2)[C@@H]1c1ccnn1C. The summed E-state index contributed by atoms with van der Waals surface area (Å²) >= 11 is 0. The molecule has 126 valence electrons. The van der Waals surface area contributed by atoms with Crippen molar-refractivity contribution in [1.82, 2.24) is 20.0 Å². The van der Waals surface area contributed by atoms with Crippen LogP contribution in [-0.2, 0) is 11.8 Å². The van der Waals surface area contributed by atoms with E-state index in [-0.39, 0.29) is 18.0 Å². The molecule has 5 nitrogen and oxygen atoms in total. The topological polar surface area (TPSA) is 50.2 Å². The quantitative estimate of drug-likeness (QED) is 0.916. The van der Waals surface area contributed by atoms with Crippen molar-refractivity contribution in [2.75, 3.05) is 13.6 Å². The van der Waals surface area contributed by atoms with Crippen LogP contribution >= 0.6 is 0 Å². The molecule has 2 fully saturated rings. The van der Waals surface area contributed by atoms with Gasteiger partial charge in [-0.25, -0.2) is 0 Å². The number of nitrogens with zero attached hydrogens (tertiary/aromatic N) is 3. The van der Waals surface area contributed by atoms with Gasteiger partial charge >= 0.3 is 0 Å². The number of benzene rings is 1. The largest absolute Gasteiger partial charge is 0.336 e. The molecule has 1 aliphatic heterocycles. The lowest BCUT2D eigenvalue weighted by Gasteiger charge is -2.25. The molecule has 24 heavy (non-hydrogen) atoms. The molecule has 4 atom stereocenters. The summed E-state index contributed by atoms with van der Waals surface area (Å²) in [6.45, 7) is 0.972. The van der Waals surface area contributed by atoms with E-state index < -0.39 is 0 Å². The molecule has 1 aromatic heterocycles. The molecular formula is C19H24N4O. The van der Waals surface area contributed by atoms with Gasteiger partial charge in [-0.05, 0) is 36.4 Å². The molecule has 5 heteroatoms. The first kappa shape index (κ1) is 15.4. The zero-order valence-corrected chi connectivity index (χ0v) is 14.2. The third-order valence-corrected chi connectivity index (χ3v) is 5.54. The second kappa shape index (κ2) is 6.06. The summed E-state index contributed by atoms with van der Waals surface area (Å²) in [5, 5.41) is 7.93. The Hall–Kier alpha value is -2.14. The molecule has 2 heterocycles. The van der Waals surface area contributed by atoms with Crippen molar-refractivity contribution in [2.24, 2.45) is 13.0 Å². The fourth-order valence-corrected chi connectivity index (χ4v) is 4.02. The Kier molecular flexibility index (Phi) is 3.88. The Labute approximate surface area is 142 Å². The second-order valence-electron chi connectivity index (χ2n) is 7.06. The number of aryl methyl sites for hydroxylation is 1. The predicted molar refractivity (Wildman–Crippen MR) is 92.4 cm³/mol. The standard InChI is InChI=1S/C19H24N4O/c1-22-18(24)11-16(19(22)17-8-9-21-23(17)2)20-12-14-10-15(14)13-6-4-3-5-7-13/h3-9,14-16,19-20H,10-12H2,1-2H3/t14-,15-,16+,19+/m0/s1. The van der Waals surface area contributed by atoms with Crippen molar-refractivity contribution in [1.29, 1.82) is 0 Å². The van der Waals surface area contributed by atoms with Gasteiger partial charge in [-0.2, -0.15) is 5.10 Å². The van der Waals surface area contributed by atoms with E-state index >= 15 is 0 Å². The molecule has 1 saturated heterocycles. The van der Waals surface area contributed by atoms with Crippen molar-refractivity contribution >= 4 is 5.91 Å². The molecular weight excluding hydrogens is 300 g/mol. The number of nitrogens with one attached hydrogen (secondary N) is 1. The molecule has 0 bridgehead atoms. The highest BCUT2D eigenvalue weighted by atomic mass is 16.2. The van der Waals surface area contributed by atoms with Crippen molar-refractivity contribution in [3.05, 3.63) is 53.9 Å². The average Bonchev–Trinajstić information content (AvgIpc) is 3.18. The first-order chi connectivity index (χ1) is 11.6. The lowest BCUT2D eigenvalue weighted by molar-refractivity contribution is -0.127. The monoisotopic (exact) mass is 324 g/mol. The molecule has 1 aliphatic carbocycles. The number of likely N-dealkylation sites (N-methyl/N-ethyl adjacent to an activating group) is 1. The highest BCUT2D eigenvalue weighted by Crippen LogP contribution is 2.47. The predicted octanol–water partition coefficient (Wildman–Crippen LogP) is 2.09. The molecule has 2 aromatic rings. The van der Waals surface area contributed by atoms with Gasteiger partial charge in [0.15, 0.2) is 0 Å². The highest BCUT2D eigenvalue weighted by Gasteiger charge is 2.42. The van der Waals surface area contributed by atoms with Gasteiger partial charge in [-0.15, -0.1) is 0 Å². The normalized spacial score (nSPS) is 29.2. The molecule has 1 amide bonds. The van der Waals surface area contributed by atoms with Crippen LogP contribution in [0.4, 0.5) is 0 Å². The van der Waals surface area contributed by atoms with Crippen LogP contribution in [0.25, 0.3) is 0 Å². The summed E-state index contributed by atoms with van der Waals surface area (Å²) < 4.78 is 1.87. The zero-order chi connectivity index (χ0) is 16.7. The maximum atomic E-state index is 12.2. The van der Waals surface area contributed by atoms with Gasteiger partial charge in [0.05, 0.1) is 11.7 Å². The van der Waals surface area contributed by atoms with Gasteiger partial charge < -0.3 is 10.2 Å². The molecule has 0 spiro atoms. The number of aromatic nitrogens is 2. The lowest BCUT2D eigenvalue weighted by Crippen LogP contribution is -2.37. The van der Waals surface area contributed by atoms with Gasteiger partial charge in [0.2, 0.25) is 5.91 Å². The van der Waals surface area contributed by atoms with Crippen molar-refractivity contribution in [3.63, 3.8) is 0 Å². The number of amides is 1. The summed E-state index contributed by atoms with van der Waals surface area (Å²) in [7, 11) is 3.83. The van der Waals surface area contributed by atoms with E-state index in [4.69, 9.17) is 0 Å². The van der Waals surface area contributed by atoms with Crippen LogP contribution in [0.1, 0.15) is 36.1 Å². The van der Waals surface area contributed by atoms with Gasteiger partial charge in [0.25, 0.3) is 0 Å². The number of rotatable bonds is 5. The van der Waals surface area contributed by atoms with E-state index in [0.29, 0.717) is 18.3 Å². The van der Waals surface area contributed by atoms with Crippen LogP contribution in [0.2, 0.25) is 0 Å². The van der Waals surface area contributed by atoms with Gasteiger partial charge in [0.1, 0.15) is 0 Å². The first-order valence-corrected chi connectivity index (χ1v) is 8.67. The van der Waals surface area contributed by atoms with E-state index in [9.17, 15) is 4.79 Å². The Morgan fingerprint density at radius 3 is 2.71 bits per heavy atom. The summed E-state index contributed by atoms with van der Waals surface area (Å²) in [6.07, 6.45) is 3.61. The molecule has 1 saturated carbocycles. The van der Waals surface area contributed by atoms with Crippen molar-refractivity contribution in [2.45, 2.75) is 30.8 Å². The van der Waals surface area contributed by atoms with Crippen LogP contribution in [-0.4, -0.2) is 40.2 Å². The third kappa shape index (κ3) is 2.73. The lowest BCUT2D eigenvalue weighted by atomic mass is 10.0. The van der Waals surface area contributed by atoms with Gasteiger partial charge in [-0.3, -0.25) is 9.48 Å². The van der Waals surface area contributed by atoms with Crippen LogP contribution in [0, 0.1) is 5.92 Å². The molecule has 4 rings (SSSR count). The van der Waals surface area contributed by atoms with Crippen LogP contribution in [0.3, 0.4) is 0 Å². The minimum absolute atomic E-state index is 0.0684. The maximum absolute atomic E-state index is 12.2. The number of carbonyl (C=O) groups is 1. The van der Waals surface area contributed by atoms with Crippen LogP contribution in [0.15, 0.2) is 42.6 Å². The van der Waals surface area contributed by atoms with E-state index in [1.807, 2.05) is 29.7 Å². The summed E-state index contributed by atoms with van der Waals surface area (Å²) in [5.41, 5.74) is 2.53. The minimum Gasteiger partial charge on any atom is -0.336 e. The van der Waals surface area contributed by atoms with E-state index in [2.05, 4.69) is 40.7 Å². The number of likely N-dealkylation sites (tertiary alicyclic amines) is 1. The minimum atomic E-state index is 0.0684. The number of hydrogen-bond acceptors (Lipinski definition) is 3. The molecule has 1 aromatic carbocycles. The van der Waals surface area contributed by atoms with E-state index in [1.54, 1.807) is 6.20 Å². The van der Waals surface area contributed by atoms with E-state index in [1.165, 1.54) is 12.0 Å².